The van der Waals surface area contributed by atoms with E-state index in [1.807, 2.05) is 18.9 Å². The fraction of sp³-hybridized carbons (Fsp3) is 0.476. The summed E-state index contributed by atoms with van der Waals surface area (Å²) < 4.78 is 0. The molecule has 0 bridgehead atoms. The first-order valence-electron chi connectivity index (χ1n) is 9.56. The van der Waals surface area contributed by atoms with E-state index in [1.165, 1.54) is 27.6 Å². The number of likely N-dealkylation sites (N-methyl/N-ethyl adjacent to an activating group) is 1. The van der Waals surface area contributed by atoms with Crippen molar-refractivity contribution < 1.29 is 4.79 Å². The first-order valence-corrected chi connectivity index (χ1v) is 9.56. The minimum Gasteiger partial charge on any atom is -0.368 e. The molecule has 2 aromatic rings. The van der Waals surface area contributed by atoms with Gasteiger partial charge in [0, 0.05) is 37.1 Å². The Morgan fingerprint density at radius 3 is 2.85 bits per heavy atom. The van der Waals surface area contributed by atoms with Gasteiger partial charge in [0.05, 0.1) is 5.92 Å². The lowest BCUT2D eigenvalue weighted by molar-refractivity contribution is -0.133. The van der Waals surface area contributed by atoms with E-state index in [2.05, 4.69) is 41.9 Å². The Bertz CT molecular complexity index is 914. The van der Waals surface area contributed by atoms with E-state index in [0.717, 1.165) is 37.2 Å². The Morgan fingerprint density at radius 1 is 1.38 bits per heavy atom. The van der Waals surface area contributed by atoms with Gasteiger partial charge in [-0.05, 0) is 54.7 Å². The lowest BCUT2D eigenvalue weighted by atomic mass is 9.77. The number of carbonyl (C=O) groups excluding carboxylic acids is 1. The number of H-pyrrole nitrogens is 1. The molecule has 1 aromatic carbocycles. The van der Waals surface area contributed by atoms with E-state index < -0.39 is 0 Å². The minimum absolute atomic E-state index is 0.0830. The third-order valence-electron chi connectivity index (χ3n) is 6.19. The molecule has 2 atom stereocenters. The van der Waals surface area contributed by atoms with Gasteiger partial charge in [0.1, 0.15) is 7.85 Å². The summed E-state index contributed by atoms with van der Waals surface area (Å²) in [5, 5.41) is 1.25. The monoisotopic (exact) mass is 347 g/mol. The van der Waals surface area contributed by atoms with E-state index in [4.69, 9.17) is 7.85 Å². The van der Waals surface area contributed by atoms with E-state index in [0.29, 0.717) is 6.04 Å². The van der Waals surface area contributed by atoms with Crippen LogP contribution in [0.25, 0.3) is 16.5 Å². The molecule has 1 aliphatic carbocycles. The highest BCUT2D eigenvalue weighted by atomic mass is 16.2. The third-order valence-corrected chi connectivity index (χ3v) is 6.19. The van der Waals surface area contributed by atoms with Crippen LogP contribution in [0.5, 0.6) is 0 Å². The molecule has 1 aliphatic heterocycles. The van der Waals surface area contributed by atoms with Gasteiger partial charge in [0.25, 0.3) is 0 Å². The van der Waals surface area contributed by atoms with Crippen LogP contribution in [0.1, 0.15) is 30.5 Å². The zero-order chi connectivity index (χ0) is 18.6. The van der Waals surface area contributed by atoms with Crippen LogP contribution in [0.15, 0.2) is 18.2 Å². The smallest absolute Gasteiger partial charge is 0.230 e. The van der Waals surface area contributed by atoms with Gasteiger partial charge in [-0.3, -0.25) is 9.69 Å². The van der Waals surface area contributed by atoms with Crippen molar-refractivity contribution >= 4 is 35.8 Å². The molecule has 134 valence electrons. The average molecular weight is 347 g/mol. The van der Waals surface area contributed by atoms with E-state index in [9.17, 15) is 4.79 Å². The maximum absolute atomic E-state index is 12.8. The predicted molar refractivity (Wildman–Crippen MR) is 108 cm³/mol. The van der Waals surface area contributed by atoms with Crippen molar-refractivity contribution in [2.24, 2.45) is 5.92 Å². The van der Waals surface area contributed by atoms with E-state index >= 15 is 0 Å². The van der Waals surface area contributed by atoms with Crippen LogP contribution in [0.3, 0.4) is 0 Å². The van der Waals surface area contributed by atoms with Crippen molar-refractivity contribution in [1.29, 1.82) is 0 Å². The number of amides is 1. The molecule has 0 fully saturated rings. The van der Waals surface area contributed by atoms with Gasteiger partial charge in [-0.25, -0.2) is 0 Å². The number of hydrogen-bond acceptors (Lipinski definition) is 2. The number of rotatable bonds is 3. The molecule has 1 aromatic heterocycles. The number of nitrogens with one attached hydrogen (secondary N) is 1. The lowest BCUT2D eigenvalue weighted by Crippen LogP contribution is -2.49. The normalized spacial score (nSPS) is 22.2. The fourth-order valence-corrected chi connectivity index (χ4v) is 4.58. The molecule has 1 N–H and O–H groups in total. The maximum atomic E-state index is 12.8. The van der Waals surface area contributed by atoms with Gasteiger partial charge in [-0.1, -0.05) is 25.1 Å². The van der Waals surface area contributed by atoms with Crippen molar-refractivity contribution in [3.05, 3.63) is 34.9 Å². The van der Waals surface area contributed by atoms with Crippen molar-refractivity contribution in [3.63, 3.8) is 0 Å². The molecule has 1 amide bonds. The molecule has 5 heteroatoms. The van der Waals surface area contributed by atoms with Gasteiger partial charge < -0.3 is 9.88 Å². The standard InChI is InChI=1S/C21H26BN3O/c1-5-24(4)21(26)13-9-15-14-8-7-12(3)19-18(14)16(20(22)23-19)10-17(15)25(6-2)11-13/h7-9,13,17,23H,5-6,10-11H2,1-4H3. The zero-order valence-electron chi connectivity index (χ0n) is 16.1. The summed E-state index contributed by atoms with van der Waals surface area (Å²) in [4.78, 5) is 20.5. The molecular formula is C21H26BN3O. The summed E-state index contributed by atoms with van der Waals surface area (Å²) in [6.45, 7) is 8.75. The molecule has 0 saturated heterocycles. The SMILES string of the molecule is [B]c1[nH]c2c(C)ccc3c2c1CC1C3=CC(C(=O)N(C)CC)CN1CC. The van der Waals surface area contributed by atoms with Crippen molar-refractivity contribution in [2.45, 2.75) is 33.2 Å². The largest absolute Gasteiger partial charge is 0.368 e. The Kier molecular flexibility index (Phi) is 4.22. The summed E-state index contributed by atoms with van der Waals surface area (Å²) >= 11 is 0. The Morgan fingerprint density at radius 2 is 2.15 bits per heavy atom. The zero-order valence-corrected chi connectivity index (χ0v) is 16.1. The summed E-state index contributed by atoms with van der Waals surface area (Å²) in [5.74, 6) is 0.125. The number of aromatic nitrogens is 1. The molecule has 2 unspecified atom stereocenters. The van der Waals surface area contributed by atoms with Gasteiger partial charge >= 0.3 is 0 Å². The van der Waals surface area contributed by atoms with Crippen LogP contribution < -0.4 is 5.59 Å². The Hall–Kier alpha value is -2.01. The van der Waals surface area contributed by atoms with Crippen molar-refractivity contribution in [1.82, 2.24) is 14.8 Å². The van der Waals surface area contributed by atoms with Gasteiger partial charge in [0.15, 0.2) is 0 Å². The number of aromatic amines is 1. The van der Waals surface area contributed by atoms with Crippen LogP contribution in [0.4, 0.5) is 0 Å². The second kappa shape index (κ2) is 6.31. The quantitative estimate of drug-likeness (QED) is 0.863. The molecule has 2 radical (unpaired) electrons. The van der Waals surface area contributed by atoms with Crippen molar-refractivity contribution in [2.75, 3.05) is 26.7 Å². The second-order valence-electron chi connectivity index (χ2n) is 7.59. The first-order chi connectivity index (χ1) is 12.5. The summed E-state index contributed by atoms with van der Waals surface area (Å²) in [6, 6.07) is 4.66. The minimum atomic E-state index is -0.0830. The molecular weight excluding hydrogens is 321 g/mol. The molecule has 0 saturated carbocycles. The maximum Gasteiger partial charge on any atom is 0.230 e. The number of nitrogens with zero attached hydrogens (tertiary/aromatic N) is 2. The Balaban J connectivity index is 1.89. The number of aryl methyl sites for hydroxylation is 1. The number of carbonyl (C=O) groups is 1. The summed E-state index contributed by atoms with van der Waals surface area (Å²) in [7, 11) is 8.21. The number of benzene rings is 1. The molecule has 4 rings (SSSR count). The van der Waals surface area contributed by atoms with Gasteiger partial charge in [-0.2, -0.15) is 0 Å². The molecule has 2 aliphatic rings. The van der Waals surface area contributed by atoms with E-state index in [1.54, 1.807) is 0 Å². The number of hydrogen-bond donors (Lipinski definition) is 1. The van der Waals surface area contributed by atoms with Gasteiger partial charge in [-0.15, -0.1) is 0 Å². The lowest BCUT2D eigenvalue weighted by Gasteiger charge is -2.42. The first kappa shape index (κ1) is 17.4. The van der Waals surface area contributed by atoms with Crippen LogP contribution in [0, 0.1) is 12.8 Å². The average Bonchev–Trinajstić information content (AvgIpc) is 2.99. The predicted octanol–water partition coefficient (Wildman–Crippen LogP) is 2.01. The molecule has 26 heavy (non-hydrogen) atoms. The molecule has 0 spiro atoms. The molecule has 2 heterocycles. The topological polar surface area (TPSA) is 39.3 Å². The van der Waals surface area contributed by atoms with Crippen molar-refractivity contribution in [3.8, 4) is 0 Å². The van der Waals surface area contributed by atoms with Crippen LogP contribution in [-0.2, 0) is 11.2 Å². The highest BCUT2D eigenvalue weighted by Crippen LogP contribution is 2.41. The van der Waals surface area contributed by atoms with E-state index in [-0.39, 0.29) is 11.8 Å². The Labute approximate surface area is 156 Å². The highest BCUT2D eigenvalue weighted by Gasteiger charge is 2.37. The number of fused-ring (bicyclic) bond motifs is 2. The molecule has 4 nitrogen and oxygen atoms in total. The van der Waals surface area contributed by atoms with Gasteiger partial charge in [0.2, 0.25) is 5.91 Å². The van der Waals surface area contributed by atoms with Crippen LogP contribution in [0.2, 0.25) is 0 Å². The summed E-state index contributed by atoms with van der Waals surface area (Å²) in [6.07, 6.45) is 3.13. The third kappa shape index (κ3) is 2.44. The summed E-state index contributed by atoms with van der Waals surface area (Å²) in [5.41, 5.74) is 6.89. The highest BCUT2D eigenvalue weighted by molar-refractivity contribution is 6.34. The fourth-order valence-electron chi connectivity index (χ4n) is 4.58. The van der Waals surface area contributed by atoms with Crippen LogP contribution in [-0.4, -0.2) is 61.3 Å². The van der Waals surface area contributed by atoms with Crippen LogP contribution >= 0.6 is 0 Å². The second-order valence-corrected chi connectivity index (χ2v) is 7.59.